The number of rotatable bonds is 13. The van der Waals surface area contributed by atoms with Crippen molar-refractivity contribution >= 4 is 21.8 Å². The van der Waals surface area contributed by atoms with Crippen molar-refractivity contribution in [2.75, 3.05) is 19.6 Å². The van der Waals surface area contributed by atoms with Crippen molar-refractivity contribution in [3.63, 3.8) is 0 Å². The summed E-state index contributed by atoms with van der Waals surface area (Å²) in [7, 11) is 0. The lowest BCUT2D eigenvalue weighted by atomic mass is 10.2. The van der Waals surface area contributed by atoms with E-state index in [2.05, 4.69) is 45.1 Å². The quantitative estimate of drug-likeness (QED) is 0.355. The molecule has 0 radical (unpaired) electrons. The number of alkyl halides is 3. The van der Waals surface area contributed by atoms with E-state index in [9.17, 15) is 18.0 Å². The highest BCUT2D eigenvalue weighted by molar-refractivity contribution is 9.10. The number of aromatic nitrogens is 2. The number of amides is 1. The molecule has 1 N–H and O–H groups in total. The molecule has 0 fully saturated rings. The third kappa shape index (κ3) is 8.21. The molecule has 9 heteroatoms. The average Bonchev–Trinajstić information content (AvgIpc) is 2.96. The molecular formula is C21H36BrF3N4O. The van der Waals surface area contributed by atoms with Gasteiger partial charge in [-0.2, -0.15) is 18.3 Å². The van der Waals surface area contributed by atoms with Crippen molar-refractivity contribution in [2.24, 2.45) is 0 Å². The van der Waals surface area contributed by atoms with Gasteiger partial charge in [-0.3, -0.25) is 9.48 Å². The normalized spacial score (nSPS) is 14.2. The Hall–Kier alpha value is -1.09. The number of hydrogen-bond acceptors (Lipinski definition) is 3. The Bertz CT molecular complexity index is 653. The van der Waals surface area contributed by atoms with Crippen LogP contribution in [0.2, 0.25) is 0 Å². The molecule has 0 aliphatic rings. The van der Waals surface area contributed by atoms with Crippen molar-refractivity contribution < 1.29 is 18.0 Å². The first kappa shape index (κ1) is 26.9. The second-order valence-electron chi connectivity index (χ2n) is 7.99. The number of carbonyl (C=O) groups is 1. The minimum atomic E-state index is -4.57. The van der Waals surface area contributed by atoms with Crippen LogP contribution in [0, 0.1) is 6.92 Å². The van der Waals surface area contributed by atoms with Gasteiger partial charge in [0, 0.05) is 12.6 Å². The van der Waals surface area contributed by atoms with Crippen LogP contribution in [0.15, 0.2) is 4.47 Å². The van der Waals surface area contributed by atoms with E-state index in [-0.39, 0.29) is 22.1 Å². The van der Waals surface area contributed by atoms with Gasteiger partial charge in [0.1, 0.15) is 6.04 Å². The molecule has 1 aromatic heterocycles. The Morgan fingerprint density at radius 3 is 2.10 bits per heavy atom. The maximum absolute atomic E-state index is 13.1. The van der Waals surface area contributed by atoms with E-state index in [1.807, 2.05) is 6.92 Å². The van der Waals surface area contributed by atoms with Crippen molar-refractivity contribution in [2.45, 2.75) is 91.4 Å². The summed E-state index contributed by atoms with van der Waals surface area (Å²) in [5, 5.41) is 6.59. The molecule has 1 heterocycles. The highest BCUT2D eigenvalue weighted by Gasteiger charge is 2.39. The van der Waals surface area contributed by atoms with Crippen LogP contribution in [0.1, 0.15) is 83.6 Å². The summed E-state index contributed by atoms with van der Waals surface area (Å²) in [5.41, 5.74) is -0.732. The van der Waals surface area contributed by atoms with Crippen molar-refractivity contribution in [3.8, 4) is 0 Å². The van der Waals surface area contributed by atoms with Gasteiger partial charge in [-0.25, -0.2) is 0 Å². The molecule has 1 rings (SSSR count). The third-order valence-corrected chi connectivity index (χ3v) is 6.12. The van der Waals surface area contributed by atoms with Gasteiger partial charge in [-0.05, 0) is 62.6 Å². The first-order chi connectivity index (χ1) is 14.0. The molecule has 0 aliphatic carbocycles. The topological polar surface area (TPSA) is 50.2 Å². The smallest absolute Gasteiger partial charge is 0.351 e. The number of nitrogens with zero attached hydrogens (tertiary/aromatic N) is 3. The number of nitrogens with one attached hydrogen (secondary N) is 1. The van der Waals surface area contributed by atoms with Crippen LogP contribution in [0.25, 0.3) is 0 Å². The molecule has 0 saturated carbocycles. The predicted octanol–water partition coefficient (Wildman–Crippen LogP) is 5.72. The monoisotopic (exact) mass is 496 g/mol. The standard InChI is InChI=1S/C21H36BrF3N4O/c1-6-8-10-12-28(13-11-9-7-2)14-15(3)26-20(30)17(5)29-16(4)18(22)19(27-29)21(23,24)25/h15,17H,6-14H2,1-5H3,(H,26,30). The van der Waals surface area contributed by atoms with Crippen LogP contribution in [0.3, 0.4) is 0 Å². The molecule has 174 valence electrons. The highest BCUT2D eigenvalue weighted by atomic mass is 79.9. The van der Waals surface area contributed by atoms with E-state index in [0.29, 0.717) is 0 Å². The van der Waals surface area contributed by atoms with Gasteiger partial charge in [0.05, 0.1) is 10.2 Å². The number of hydrogen-bond donors (Lipinski definition) is 1. The zero-order chi connectivity index (χ0) is 22.9. The van der Waals surface area contributed by atoms with Gasteiger partial charge < -0.3 is 10.2 Å². The summed E-state index contributed by atoms with van der Waals surface area (Å²) in [6.45, 7) is 12.1. The molecule has 1 aromatic rings. The van der Waals surface area contributed by atoms with Crippen LogP contribution in [-0.2, 0) is 11.0 Å². The van der Waals surface area contributed by atoms with Crippen molar-refractivity contribution in [1.29, 1.82) is 0 Å². The SMILES string of the molecule is CCCCCN(CCCCC)CC(C)NC(=O)C(C)n1nc(C(F)(F)F)c(Br)c1C. The fourth-order valence-corrected chi connectivity index (χ4v) is 3.92. The van der Waals surface area contributed by atoms with E-state index >= 15 is 0 Å². The molecule has 30 heavy (non-hydrogen) atoms. The molecule has 2 atom stereocenters. The second kappa shape index (κ2) is 12.7. The Balaban J connectivity index is 2.74. The number of carbonyl (C=O) groups excluding carboxylic acids is 1. The van der Waals surface area contributed by atoms with Gasteiger partial charge >= 0.3 is 6.18 Å². The van der Waals surface area contributed by atoms with Gasteiger partial charge in [0.15, 0.2) is 5.69 Å². The summed E-state index contributed by atoms with van der Waals surface area (Å²) >= 11 is 2.96. The van der Waals surface area contributed by atoms with Crippen LogP contribution < -0.4 is 5.32 Å². The van der Waals surface area contributed by atoms with E-state index in [0.717, 1.165) is 50.0 Å². The summed E-state index contributed by atoms with van der Waals surface area (Å²) in [4.78, 5) is 15.1. The van der Waals surface area contributed by atoms with Gasteiger partial charge in [-0.15, -0.1) is 0 Å². The molecule has 0 saturated heterocycles. The van der Waals surface area contributed by atoms with E-state index in [1.165, 1.54) is 19.8 Å². The zero-order valence-electron chi connectivity index (χ0n) is 18.8. The van der Waals surface area contributed by atoms with Crippen LogP contribution in [0.4, 0.5) is 13.2 Å². The maximum atomic E-state index is 13.1. The maximum Gasteiger partial charge on any atom is 0.436 e. The molecule has 0 aliphatic heterocycles. The molecule has 2 unspecified atom stereocenters. The van der Waals surface area contributed by atoms with Crippen LogP contribution in [0.5, 0.6) is 0 Å². The summed E-state index contributed by atoms with van der Waals surface area (Å²) in [6.07, 6.45) is 2.35. The Morgan fingerprint density at radius 1 is 1.13 bits per heavy atom. The van der Waals surface area contributed by atoms with E-state index in [4.69, 9.17) is 0 Å². The third-order valence-electron chi connectivity index (χ3n) is 5.17. The predicted molar refractivity (Wildman–Crippen MR) is 117 cm³/mol. The highest BCUT2D eigenvalue weighted by Crippen LogP contribution is 2.36. The Labute approximate surface area is 186 Å². The van der Waals surface area contributed by atoms with Gasteiger partial charge in [0.2, 0.25) is 5.91 Å². The summed E-state index contributed by atoms with van der Waals surface area (Å²) < 4.78 is 40.3. The summed E-state index contributed by atoms with van der Waals surface area (Å²) in [5.74, 6) is -0.337. The molecule has 0 bridgehead atoms. The largest absolute Gasteiger partial charge is 0.436 e. The molecule has 1 amide bonds. The Morgan fingerprint density at radius 2 is 1.67 bits per heavy atom. The lowest BCUT2D eigenvalue weighted by Gasteiger charge is -2.27. The lowest BCUT2D eigenvalue weighted by Crippen LogP contribution is -2.45. The minimum Gasteiger partial charge on any atom is -0.351 e. The van der Waals surface area contributed by atoms with Crippen LogP contribution in [-0.4, -0.2) is 46.3 Å². The first-order valence-corrected chi connectivity index (χ1v) is 11.7. The second-order valence-corrected chi connectivity index (χ2v) is 8.78. The number of unbranched alkanes of at least 4 members (excludes halogenated alkanes) is 4. The van der Waals surface area contributed by atoms with Crippen molar-refractivity contribution in [3.05, 3.63) is 15.9 Å². The van der Waals surface area contributed by atoms with E-state index in [1.54, 1.807) is 6.92 Å². The first-order valence-electron chi connectivity index (χ1n) is 10.9. The Kier molecular flexibility index (Phi) is 11.4. The molecule has 0 spiro atoms. The van der Waals surface area contributed by atoms with Crippen molar-refractivity contribution in [1.82, 2.24) is 20.0 Å². The molecule has 5 nitrogen and oxygen atoms in total. The molecular weight excluding hydrogens is 461 g/mol. The molecule has 0 aromatic carbocycles. The average molecular weight is 497 g/mol. The van der Waals surface area contributed by atoms with E-state index < -0.39 is 17.9 Å². The van der Waals surface area contributed by atoms with Gasteiger partial charge in [0.25, 0.3) is 0 Å². The minimum absolute atomic E-state index is 0.107. The fraction of sp³-hybridized carbons (Fsp3) is 0.810. The lowest BCUT2D eigenvalue weighted by molar-refractivity contribution is -0.142. The fourth-order valence-electron chi connectivity index (χ4n) is 3.43. The zero-order valence-corrected chi connectivity index (χ0v) is 20.4. The van der Waals surface area contributed by atoms with Crippen LogP contribution >= 0.6 is 15.9 Å². The number of halogens is 4. The summed E-state index contributed by atoms with van der Waals surface area (Å²) in [6, 6.07) is -0.946. The van der Waals surface area contributed by atoms with Gasteiger partial charge in [-0.1, -0.05) is 39.5 Å².